The fourth-order valence-corrected chi connectivity index (χ4v) is 1.96. The molecule has 0 aliphatic rings. The lowest BCUT2D eigenvalue weighted by atomic mass is 10.1. The van der Waals surface area contributed by atoms with Gasteiger partial charge in [-0.15, -0.1) is 24.0 Å². The van der Waals surface area contributed by atoms with Gasteiger partial charge in [0.05, 0.1) is 20.8 Å². The van der Waals surface area contributed by atoms with Gasteiger partial charge in [0.15, 0.2) is 17.5 Å². The van der Waals surface area contributed by atoms with Crippen LogP contribution in [0, 0.1) is 0 Å². The third-order valence-electron chi connectivity index (χ3n) is 3.03. The Morgan fingerprint density at radius 3 is 2.33 bits per heavy atom. The molecule has 1 rings (SSSR count). The van der Waals surface area contributed by atoms with Gasteiger partial charge in [0.1, 0.15) is 0 Å². The lowest BCUT2D eigenvalue weighted by molar-refractivity contribution is 0.355. The summed E-state index contributed by atoms with van der Waals surface area (Å²) in [4.78, 5) is 4.57. The number of aliphatic imine (C=N–C) groups is 1. The molecule has 0 aromatic heterocycles. The van der Waals surface area contributed by atoms with Gasteiger partial charge in [-0.3, -0.25) is 4.99 Å². The van der Waals surface area contributed by atoms with Gasteiger partial charge in [0.25, 0.3) is 0 Å². The Kier molecular flexibility index (Phi) is 10.8. The van der Waals surface area contributed by atoms with E-state index in [1.807, 2.05) is 25.1 Å². The fourth-order valence-electron chi connectivity index (χ4n) is 1.96. The first-order valence-electron chi connectivity index (χ1n) is 7.92. The average molecular weight is 450 g/mol. The molecule has 7 heteroatoms. The van der Waals surface area contributed by atoms with Crippen molar-refractivity contribution in [3.05, 3.63) is 18.2 Å². The molecule has 0 amide bonds. The number of benzene rings is 1. The van der Waals surface area contributed by atoms with Crippen LogP contribution in [-0.4, -0.2) is 45.4 Å². The molecule has 24 heavy (non-hydrogen) atoms. The summed E-state index contributed by atoms with van der Waals surface area (Å²) in [6.45, 7) is 10.8. The molecule has 0 aliphatic heterocycles. The Morgan fingerprint density at radius 1 is 1.12 bits per heavy atom. The third kappa shape index (κ3) is 8.58. The van der Waals surface area contributed by atoms with Gasteiger partial charge in [-0.1, -0.05) is 0 Å². The third-order valence-corrected chi connectivity index (χ3v) is 3.03. The van der Waals surface area contributed by atoms with E-state index in [0.717, 1.165) is 24.7 Å². The van der Waals surface area contributed by atoms with E-state index in [0.29, 0.717) is 18.0 Å². The van der Waals surface area contributed by atoms with Gasteiger partial charge in [-0.2, -0.15) is 0 Å². The van der Waals surface area contributed by atoms with Crippen molar-refractivity contribution in [1.82, 2.24) is 10.6 Å². The van der Waals surface area contributed by atoms with E-state index in [-0.39, 0.29) is 29.5 Å². The van der Waals surface area contributed by atoms with Crippen molar-refractivity contribution in [2.24, 2.45) is 4.99 Å². The minimum absolute atomic E-state index is 0. The van der Waals surface area contributed by atoms with Crippen molar-refractivity contribution in [1.29, 1.82) is 0 Å². The highest BCUT2D eigenvalue weighted by molar-refractivity contribution is 14.0. The zero-order chi connectivity index (χ0) is 17.3. The maximum Gasteiger partial charge on any atom is 0.195 e. The first-order valence-corrected chi connectivity index (χ1v) is 7.92. The quantitative estimate of drug-likeness (QED) is 0.258. The minimum atomic E-state index is 0. The summed E-state index contributed by atoms with van der Waals surface area (Å²) in [5, 5.41) is 9.93. The summed E-state index contributed by atoms with van der Waals surface area (Å²) >= 11 is 0. The number of halogens is 1. The highest BCUT2D eigenvalue weighted by atomic mass is 127. The number of guanidine groups is 1. The molecule has 6 nitrogen and oxygen atoms in total. The van der Waals surface area contributed by atoms with E-state index in [9.17, 15) is 0 Å². The average Bonchev–Trinajstić information content (AvgIpc) is 2.50. The molecule has 0 fully saturated rings. The Bertz CT molecular complexity index is 516. The topological polar surface area (TPSA) is 66.9 Å². The van der Waals surface area contributed by atoms with Crippen molar-refractivity contribution in [3.63, 3.8) is 0 Å². The van der Waals surface area contributed by atoms with Crippen LogP contribution in [0.25, 0.3) is 0 Å². The molecule has 0 spiro atoms. The van der Waals surface area contributed by atoms with Crippen LogP contribution in [0.1, 0.15) is 27.7 Å². The zero-order valence-corrected chi connectivity index (χ0v) is 17.9. The Balaban J connectivity index is 0.00000529. The first kappa shape index (κ1) is 22.8. The molecular weight excluding hydrogens is 419 g/mol. The van der Waals surface area contributed by atoms with Crippen LogP contribution in [-0.2, 0) is 0 Å². The van der Waals surface area contributed by atoms with Crippen LogP contribution in [0.3, 0.4) is 0 Å². The summed E-state index contributed by atoms with van der Waals surface area (Å²) < 4.78 is 10.6. The lowest BCUT2D eigenvalue weighted by Gasteiger charge is -2.20. The molecule has 1 aromatic carbocycles. The molecule has 0 saturated carbocycles. The number of hydrogen-bond donors (Lipinski definition) is 3. The zero-order valence-electron chi connectivity index (χ0n) is 15.5. The Hall–Kier alpha value is -1.22. The van der Waals surface area contributed by atoms with Gasteiger partial charge in [0.2, 0.25) is 0 Å². The number of hydrogen-bond acceptors (Lipinski definition) is 4. The maximum atomic E-state index is 5.32. The Labute approximate surface area is 162 Å². The molecule has 0 atom stereocenters. The molecule has 1 aromatic rings. The first-order chi connectivity index (χ1) is 10.9. The molecule has 0 heterocycles. The molecule has 138 valence electrons. The molecule has 0 radical (unpaired) electrons. The van der Waals surface area contributed by atoms with Gasteiger partial charge < -0.3 is 25.4 Å². The highest BCUT2D eigenvalue weighted by Crippen LogP contribution is 2.29. The van der Waals surface area contributed by atoms with E-state index in [1.165, 1.54) is 0 Å². The van der Waals surface area contributed by atoms with E-state index in [4.69, 9.17) is 9.47 Å². The van der Waals surface area contributed by atoms with Gasteiger partial charge >= 0.3 is 0 Å². The number of nitrogens with zero attached hydrogens (tertiary/aromatic N) is 1. The lowest BCUT2D eigenvalue weighted by Crippen LogP contribution is -2.38. The SMILES string of the molecule is CCNC(=NCCNC(C)(C)C)Nc1ccc(OC)c(OC)c1.I. The van der Waals surface area contributed by atoms with Crippen LogP contribution in [0.5, 0.6) is 11.5 Å². The normalized spacial score (nSPS) is 11.5. The smallest absolute Gasteiger partial charge is 0.195 e. The summed E-state index contributed by atoms with van der Waals surface area (Å²) in [6.07, 6.45) is 0. The monoisotopic (exact) mass is 450 g/mol. The van der Waals surface area contributed by atoms with Crippen molar-refractivity contribution >= 4 is 35.6 Å². The molecule has 3 N–H and O–H groups in total. The van der Waals surface area contributed by atoms with Gasteiger partial charge in [-0.25, -0.2) is 0 Å². The van der Waals surface area contributed by atoms with Crippen LogP contribution in [0.15, 0.2) is 23.2 Å². The second-order valence-corrected chi connectivity index (χ2v) is 6.13. The van der Waals surface area contributed by atoms with Crippen LogP contribution < -0.4 is 25.4 Å². The van der Waals surface area contributed by atoms with E-state index in [2.05, 4.69) is 41.7 Å². The predicted octanol–water partition coefficient (Wildman–Crippen LogP) is 3.09. The fraction of sp³-hybridized carbons (Fsp3) is 0.588. The summed E-state index contributed by atoms with van der Waals surface area (Å²) in [5.74, 6) is 2.13. The summed E-state index contributed by atoms with van der Waals surface area (Å²) in [5.41, 5.74) is 0.996. The molecule has 0 aliphatic carbocycles. The predicted molar refractivity (Wildman–Crippen MR) is 112 cm³/mol. The van der Waals surface area contributed by atoms with E-state index < -0.39 is 0 Å². The van der Waals surface area contributed by atoms with Crippen LogP contribution in [0.2, 0.25) is 0 Å². The number of nitrogens with one attached hydrogen (secondary N) is 3. The van der Waals surface area contributed by atoms with E-state index in [1.54, 1.807) is 14.2 Å². The molecular formula is C17H31IN4O2. The summed E-state index contributed by atoms with van der Waals surface area (Å²) in [6, 6.07) is 5.69. The molecule has 0 bridgehead atoms. The van der Waals surface area contributed by atoms with Gasteiger partial charge in [-0.05, 0) is 39.8 Å². The van der Waals surface area contributed by atoms with E-state index >= 15 is 0 Å². The number of ether oxygens (including phenoxy) is 2. The van der Waals surface area contributed by atoms with Crippen molar-refractivity contribution < 1.29 is 9.47 Å². The van der Waals surface area contributed by atoms with Crippen molar-refractivity contribution in [3.8, 4) is 11.5 Å². The Morgan fingerprint density at radius 2 is 1.79 bits per heavy atom. The van der Waals surface area contributed by atoms with Gasteiger partial charge in [0, 0.05) is 30.4 Å². The molecule has 0 saturated heterocycles. The maximum absolute atomic E-state index is 5.32. The minimum Gasteiger partial charge on any atom is -0.493 e. The van der Waals surface area contributed by atoms with Crippen molar-refractivity contribution in [2.75, 3.05) is 39.2 Å². The standard InChI is InChI=1S/C17H30N4O2.HI/c1-7-18-16(19-10-11-20-17(2,3)4)21-13-8-9-14(22-5)15(12-13)23-6;/h8-9,12,20H,7,10-11H2,1-6H3,(H2,18,19,21);1H. The number of rotatable bonds is 7. The van der Waals surface area contributed by atoms with Crippen LogP contribution >= 0.6 is 24.0 Å². The molecule has 0 unspecified atom stereocenters. The second kappa shape index (κ2) is 11.4. The van der Waals surface area contributed by atoms with Crippen molar-refractivity contribution in [2.45, 2.75) is 33.2 Å². The summed E-state index contributed by atoms with van der Waals surface area (Å²) in [7, 11) is 3.25. The number of methoxy groups -OCH3 is 2. The van der Waals surface area contributed by atoms with Crippen LogP contribution in [0.4, 0.5) is 5.69 Å². The largest absolute Gasteiger partial charge is 0.493 e. The number of anilines is 1. The highest BCUT2D eigenvalue weighted by Gasteiger charge is 2.08. The second-order valence-electron chi connectivity index (χ2n) is 6.13.